The van der Waals surface area contributed by atoms with Gasteiger partial charge in [-0.15, -0.1) is 0 Å². The zero-order chi connectivity index (χ0) is 18.0. The van der Waals surface area contributed by atoms with Crippen LogP contribution in [-0.4, -0.2) is 62.9 Å². The van der Waals surface area contributed by atoms with Crippen LogP contribution in [0.2, 0.25) is 0 Å². The number of nitrogens with one attached hydrogen (secondary N) is 1. The molecular formula is C16H21N3O5S. The van der Waals surface area contributed by atoms with Crippen LogP contribution in [0.1, 0.15) is 5.69 Å². The Bertz CT molecular complexity index is 862. The number of benzene rings is 1. The monoisotopic (exact) mass is 367 g/mol. The van der Waals surface area contributed by atoms with Crippen LogP contribution in [0.15, 0.2) is 28.8 Å². The average molecular weight is 367 g/mol. The van der Waals surface area contributed by atoms with E-state index in [9.17, 15) is 13.2 Å². The molecule has 1 amide bonds. The fraction of sp³-hybridized carbons (Fsp3) is 0.500. The van der Waals surface area contributed by atoms with Crippen molar-refractivity contribution in [1.82, 2.24) is 14.8 Å². The SMILES string of the molecule is CN(C)S(=O)(=O)C[C@@H]1COC[C@H]1NC(=O)Cc1noc2ccccc12. The number of nitrogens with zero attached hydrogens (tertiary/aromatic N) is 2. The molecule has 0 aliphatic carbocycles. The number of sulfonamides is 1. The number of rotatable bonds is 6. The zero-order valence-corrected chi connectivity index (χ0v) is 15.0. The standard InChI is InChI=1S/C16H21N3O5S/c1-19(2)25(21,22)10-11-8-23-9-14(11)17-16(20)7-13-12-5-3-4-6-15(12)24-18-13/h3-6,11,14H,7-10H2,1-2H3,(H,17,20)/t11-,14+/m0/s1. The van der Waals surface area contributed by atoms with Crippen molar-refractivity contribution in [3.63, 3.8) is 0 Å². The Kier molecular flexibility index (Phi) is 5.07. The summed E-state index contributed by atoms with van der Waals surface area (Å²) in [7, 11) is -0.365. The highest BCUT2D eigenvalue weighted by molar-refractivity contribution is 7.89. The van der Waals surface area contributed by atoms with E-state index in [0.717, 1.165) is 5.39 Å². The molecule has 3 rings (SSSR count). The number of amides is 1. The van der Waals surface area contributed by atoms with Crippen molar-refractivity contribution in [2.45, 2.75) is 12.5 Å². The Balaban J connectivity index is 1.64. The molecule has 9 heteroatoms. The Hall–Kier alpha value is -1.97. The van der Waals surface area contributed by atoms with Gasteiger partial charge in [-0.1, -0.05) is 17.3 Å². The van der Waals surface area contributed by atoms with Gasteiger partial charge >= 0.3 is 0 Å². The van der Waals surface area contributed by atoms with Gasteiger partial charge in [-0.2, -0.15) is 0 Å². The lowest BCUT2D eigenvalue weighted by atomic mass is 10.1. The van der Waals surface area contributed by atoms with E-state index in [2.05, 4.69) is 10.5 Å². The lowest BCUT2D eigenvalue weighted by molar-refractivity contribution is -0.121. The molecule has 1 saturated heterocycles. The zero-order valence-electron chi connectivity index (χ0n) is 14.1. The van der Waals surface area contributed by atoms with Crippen LogP contribution in [0.5, 0.6) is 0 Å². The van der Waals surface area contributed by atoms with E-state index >= 15 is 0 Å². The molecule has 1 N–H and O–H groups in total. The summed E-state index contributed by atoms with van der Waals surface area (Å²) in [4.78, 5) is 12.3. The fourth-order valence-electron chi connectivity index (χ4n) is 2.82. The topological polar surface area (TPSA) is 102 Å². The minimum atomic E-state index is -3.35. The molecule has 0 saturated carbocycles. The van der Waals surface area contributed by atoms with Gasteiger partial charge in [-0.25, -0.2) is 12.7 Å². The van der Waals surface area contributed by atoms with Crippen molar-refractivity contribution >= 4 is 26.9 Å². The summed E-state index contributed by atoms with van der Waals surface area (Å²) in [6.45, 7) is 0.615. The number of carbonyl (C=O) groups excluding carboxylic acids is 1. The van der Waals surface area contributed by atoms with Gasteiger partial charge in [0.2, 0.25) is 15.9 Å². The Morgan fingerprint density at radius 2 is 2.08 bits per heavy atom. The van der Waals surface area contributed by atoms with Crippen LogP contribution in [0.3, 0.4) is 0 Å². The summed E-state index contributed by atoms with van der Waals surface area (Å²) in [5.41, 5.74) is 1.19. The number of hydrogen-bond acceptors (Lipinski definition) is 6. The Morgan fingerprint density at radius 1 is 1.32 bits per heavy atom. The van der Waals surface area contributed by atoms with Gasteiger partial charge in [0.1, 0.15) is 5.69 Å². The van der Waals surface area contributed by atoms with E-state index in [1.807, 2.05) is 18.2 Å². The highest BCUT2D eigenvalue weighted by atomic mass is 32.2. The van der Waals surface area contributed by atoms with Crippen molar-refractivity contribution in [1.29, 1.82) is 0 Å². The van der Waals surface area contributed by atoms with Crippen molar-refractivity contribution in [3.8, 4) is 0 Å². The third kappa shape index (κ3) is 4.00. The molecule has 1 aromatic carbocycles. The third-order valence-corrected chi connectivity index (χ3v) is 6.27. The number of para-hydroxylation sites is 1. The Labute approximate surface area is 146 Å². The van der Waals surface area contributed by atoms with Gasteiger partial charge in [0.15, 0.2) is 5.58 Å². The average Bonchev–Trinajstić information content (AvgIpc) is 3.15. The molecule has 1 aliphatic rings. The first-order valence-corrected chi connectivity index (χ1v) is 9.58. The molecule has 0 radical (unpaired) electrons. The maximum absolute atomic E-state index is 12.3. The predicted molar refractivity (Wildman–Crippen MR) is 91.4 cm³/mol. The molecule has 8 nitrogen and oxygen atoms in total. The number of aromatic nitrogens is 1. The maximum Gasteiger partial charge on any atom is 0.226 e. The normalized spacial score (nSPS) is 21.1. The first kappa shape index (κ1) is 17.8. The molecule has 0 unspecified atom stereocenters. The number of fused-ring (bicyclic) bond motifs is 1. The van der Waals surface area contributed by atoms with Crippen molar-refractivity contribution in [3.05, 3.63) is 30.0 Å². The van der Waals surface area contributed by atoms with Gasteiger partial charge in [-0.3, -0.25) is 4.79 Å². The molecular weight excluding hydrogens is 346 g/mol. The third-order valence-electron chi connectivity index (χ3n) is 4.31. The largest absolute Gasteiger partial charge is 0.379 e. The second-order valence-electron chi connectivity index (χ2n) is 6.33. The minimum Gasteiger partial charge on any atom is -0.379 e. The molecule has 1 fully saturated rings. The summed E-state index contributed by atoms with van der Waals surface area (Å²) in [6.07, 6.45) is 0.0701. The summed E-state index contributed by atoms with van der Waals surface area (Å²) in [6, 6.07) is 6.99. The summed E-state index contributed by atoms with van der Waals surface area (Å²) < 4.78 is 35.9. The smallest absolute Gasteiger partial charge is 0.226 e. The second-order valence-corrected chi connectivity index (χ2v) is 8.56. The van der Waals surface area contributed by atoms with Gasteiger partial charge < -0.3 is 14.6 Å². The van der Waals surface area contributed by atoms with Crippen LogP contribution in [0.4, 0.5) is 0 Å². The molecule has 1 aromatic heterocycles. The number of ether oxygens (including phenoxy) is 1. The number of carbonyl (C=O) groups is 1. The van der Waals surface area contributed by atoms with Gasteiger partial charge in [0.05, 0.1) is 31.4 Å². The van der Waals surface area contributed by atoms with Crippen LogP contribution in [-0.2, 0) is 26.0 Å². The van der Waals surface area contributed by atoms with Crippen LogP contribution < -0.4 is 5.32 Å². The lowest BCUT2D eigenvalue weighted by Gasteiger charge is -2.20. The van der Waals surface area contributed by atoms with E-state index in [-0.39, 0.29) is 30.0 Å². The highest BCUT2D eigenvalue weighted by Gasteiger charge is 2.34. The second kappa shape index (κ2) is 7.11. The minimum absolute atomic E-state index is 0.0577. The lowest BCUT2D eigenvalue weighted by Crippen LogP contribution is -2.44. The molecule has 2 aromatic rings. The summed E-state index contributed by atoms with van der Waals surface area (Å²) in [5.74, 6) is -0.565. The van der Waals surface area contributed by atoms with Crippen LogP contribution >= 0.6 is 0 Å². The van der Waals surface area contributed by atoms with Gasteiger partial charge in [-0.05, 0) is 12.1 Å². The Morgan fingerprint density at radius 3 is 2.84 bits per heavy atom. The fourth-order valence-corrected chi connectivity index (χ4v) is 3.99. The highest BCUT2D eigenvalue weighted by Crippen LogP contribution is 2.20. The molecule has 25 heavy (non-hydrogen) atoms. The van der Waals surface area contributed by atoms with Crippen molar-refractivity contribution < 1.29 is 22.5 Å². The molecule has 0 spiro atoms. The van der Waals surface area contributed by atoms with Crippen molar-refractivity contribution in [2.24, 2.45) is 5.92 Å². The van der Waals surface area contributed by atoms with E-state index < -0.39 is 10.0 Å². The maximum atomic E-state index is 12.3. The van der Waals surface area contributed by atoms with Crippen LogP contribution in [0, 0.1) is 5.92 Å². The molecule has 2 heterocycles. The summed E-state index contributed by atoms with van der Waals surface area (Å²) >= 11 is 0. The van der Waals surface area contributed by atoms with E-state index in [1.165, 1.54) is 18.4 Å². The van der Waals surface area contributed by atoms with Crippen molar-refractivity contribution in [2.75, 3.05) is 33.1 Å². The van der Waals surface area contributed by atoms with E-state index in [0.29, 0.717) is 24.5 Å². The van der Waals surface area contributed by atoms with Crippen LogP contribution in [0.25, 0.3) is 11.0 Å². The molecule has 136 valence electrons. The van der Waals surface area contributed by atoms with Gasteiger partial charge in [0.25, 0.3) is 0 Å². The first-order valence-electron chi connectivity index (χ1n) is 7.97. The molecule has 0 bridgehead atoms. The summed E-state index contributed by atoms with van der Waals surface area (Å²) in [5, 5.41) is 7.60. The predicted octanol–water partition coefficient (Wildman–Crippen LogP) is 0.393. The van der Waals surface area contributed by atoms with Gasteiger partial charge in [0, 0.05) is 25.4 Å². The van der Waals surface area contributed by atoms with E-state index in [1.54, 1.807) is 6.07 Å². The molecule has 1 aliphatic heterocycles. The first-order chi connectivity index (χ1) is 11.9. The quantitative estimate of drug-likeness (QED) is 0.793. The van der Waals surface area contributed by atoms with E-state index in [4.69, 9.17) is 9.26 Å². The number of hydrogen-bond donors (Lipinski definition) is 1. The molecule has 2 atom stereocenters.